The van der Waals surface area contributed by atoms with Crippen molar-refractivity contribution in [3.63, 3.8) is 0 Å². The first-order chi connectivity index (χ1) is 9.19. The van der Waals surface area contributed by atoms with Gasteiger partial charge < -0.3 is 19.8 Å². The number of carbonyl (C=O) groups excluding carboxylic acids is 1. The Morgan fingerprint density at radius 1 is 1.42 bits per heavy atom. The average molecular weight is 281 g/mol. The Morgan fingerprint density at radius 2 is 2.26 bits per heavy atom. The van der Waals surface area contributed by atoms with Crippen molar-refractivity contribution in [2.45, 2.75) is 6.54 Å². The van der Waals surface area contributed by atoms with E-state index in [0.717, 1.165) is 0 Å². The second kappa shape index (κ2) is 6.15. The molecule has 1 aromatic heterocycles. The number of halogens is 1. The van der Waals surface area contributed by atoms with Crippen LogP contribution in [-0.2, 0) is 6.54 Å². The largest absolute Gasteiger partial charge is 0.495 e. The Kier molecular flexibility index (Phi) is 4.30. The van der Waals surface area contributed by atoms with E-state index in [4.69, 9.17) is 20.8 Å². The third kappa shape index (κ3) is 3.66. The fourth-order valence-electron chi connectivity index (χ4n) is 1.50. The Hall–Kier alpha value is -2.14. The van der Waals surface area contributed by atoms with E-state index in [1.54, 1.807) is 36.6 Å². The summed E-state index contributed by atoms with van der Waals surface area (Å²) in [5.74, 6) is 1.24. The van der Waals surface area contributed by atoms with Gasteiger partial charge in [0.05, 0.1) is 24.9 Å². The highest BCUT2D eigenvalue weighted by molar-refractivity contribution is 6.32. The molecule has 1 heterocycles. The van der Waals surface area contributed by atoms with Crippen LogP contribution >= 0.6 is 11.6 Å². The maximum Gasteiger partial charge on any atom is 0.319 e. The van der Waals surface area contributed by atoms with Crippen LogP contribution in [0.15, 0.2) is 41.0 Å². The smallest absolute Gasteiger partial charge is 0.319 e. The predicted octanol–water partition coefficient (Wildman–Crippen LogP) is 3.26. The molecule has 0 fully saturated rings. The SMILES string of the molecule is COc1ccc(NC(=O)NCc2ccco2)cc1Cl. The minimum absolute atomic E-state index is 0.322. The molecule has 0 saturated heterocycles. The molecule has 19 heavy (non-hydrogen) atoms. The lowest BCUT2D eigenvalue weighted by molar-refractivity contribution is 0.251. The van der Waals surface area contributed by atoms with Crippen LogP contribution in [0.3, 0.4) is 0 Å². The molecule has 1 aromatic carbocycles. The zero-order chi connectivity index (χ0) is 13.7. The summed E-state index contributed by atoms with van der Waals surface area (Å²) >= 11 is 5.96. The van der Waals surface area contributed by atoms with Gasteiger partial charge in [-0.15, -0.1) is 0 Å². The van der Waals surface area contributed by atoms with Crippen LogP contribution in [0.4, 0.5) is 10.5 Å². The summed E-state index contributed by atoms with van der Waals surface area (Å²) in [6.07, 6.45) is 1.55. The number of hydrogen-bond donors (Lipinski definition) is 2. The van der Waals surface area contributed by atoms with Crippen molar-refractivity contribution in [2.75, 3.05) is 12.4 Å². The minimum atomic E-state index is -0.336. The van der Waals surface area contributed by atoms with E-state index in [9.17, 15) is 4.79 Å². The first-order valence-electron chi connectivity index (χ1n) is 5.60. The van der Waals surface area contributed by atoms with Gasteiger partial charge in [-0.3, -0.25) is 0 Å². The molecule has 2 rings (SSSR count). The number of benzene rings is 1. The van der Waals surface area contributed by atoms with E-state index in [1.165, 1.54) is 7.11 Å². The Labute approximate surface area is 115 Å². The van der Waals surface area contributed by atoms with E-state index in [1.807, 2.05) is 0 Å². The molecular formula is C13H13ClN2O3. The molecule has 0 aliphatic rings. The molecule has 0 unspecified atom stereocenters. The standard InChI is InChI=1S/C13H13ClN2O3/c1-18-12-5-4-9(7-11(12)14)16-13(17)15-8-10-3-2-6-19-10/h2-7H,8H2,1H3,(H2,15,16,17). The van der Waals surface area contributed by atoms with Crippen molar-refractivity contribution >= 4 is 23.3 Å². The van der Waals surface area contributed by atoms with Gasteiger partial charge in [0.15, 0.2) is 0 Å². The van der Waals surface area contributed by atoms with Crippen molar-refractivity contribution in [2.24, 2.45) is 0 Å². The lowest BCUT2D eigenvalue weighted by Crippen LogP contribution is -2.27. The highest BCUT2D eigenvalue weighted by Crippen LogP contribution is 2.27. The van der Waals surface area contributed by atoms with Gasteiger partial charge in [-0.2, -0.15) is 0 Å². The van der Waals surface area contributed by atoms with Crippen LogP contribution in [-0.4, -0.2) is 13.1 Å². The van der Waals surface area contributed by atoms with Crippen LogP contribution in [0.1, 0.15) is 5.76 Å². The van der Waals surface area contributed by atoms with Crippen molar-refractivity contribution in [3.8, 4) is 5.75 Å². The highest BCUT2D eigenvalue weighted by Gasteiger charge is 2.05. The van der Waals surface area contributed by atoms with Gasteiger partial charge in [-0.05, 0) is 30.3 Å². The molecule has 2 amide bonds. The van der Waals surface area contributed by atoms with Crippen molar-refractivity contribution in [1.82, 2.24) is 5.32 Å². The third-order valence-corrected chi connectivity index (χ3v) is 2.71. The molecule has 6 heteroatoms. The summed E-state index contributed by atoms with van der Waals surface area (Å²) in [6, 6.07) is 8.22. The molecule has 2 N–H and O–H groups in total. The third-order valence-electron chi connectivity index (χ3n) is 2.41. The first kappa shape index (κ1) is 13.3. The van der Waals surface area contributed by atoms with Gasteiger partial charge in [0, 0.05) is 5.69 Å². The van der Waals surface area contributed by atoms with Gasteiger partial charge >= 0.3 is 6.03 Å². The van der Waals surface area contributed by atoms with Crippen LogP contribution < -0.4 is 15.4 Å². The molecule has 0 radical (unpaired) electrons. The number of anilines is 1. The first-order valence-corrected chi connectivity index (χ1v) is 5.97. The van der Waals surface area contributed by atoms with Gasteiger partial charge in [-0.1, -0.05) is 11.6 Å². The summed E-state index contributed by atoms with van der Waals surface area (Å²) in [4.78, 5) is 11.6. The molecule has 0 aliphatic carbocycles. The molecular weight excluding hydrogens is 268 g/mol. The maximum atomic E-state index is 11.6. The summed E-state index contributed by atoms with van der Waals surface area (Å²) in [5, 5.41) is 5.76. The summed E-state index contributed by atoms with van der Waals surface area (Å²) in [6.45, 7) is 0.322. The van der Waals surface area contributed by atoms with Crippen LogP contribution in [0.5, 0.6) is 5.75 Å². The zero-order valence-corrected chi connectivity index (χ0v) is 11.0. The van der Waals surface area contributed by atoms with Crippen LogP contribution in [0.25, 0.3) is 0 Å². The minimum Gasteiger partial charge on any atom is -0.495 e. The van der Waals surface area contributed by atoms with Gasteiger partial charge in [0.1, 0.15) is 11.5 Å². The van der Waals surface area contributed by atoms with Gasteiger partial charge in [-0.25, -0.2) is 4.79 Å². The fraction of sp³-hybridized carbons (Fsp3) is 0.154. The number of urea groups is 1. The van der Waals surface area contributed by atoms with Crippen molar-refractivity contribution in [1.29, 1.82) is 0 Å². The Balaban J connectivity index is 1.90. The number of carbonyl (C=O) groups is 1. The van der Waals surface area contributed by atoms with E-state index in [-0.39, 0.29) is 6.03 Å². The lowest BCUT2D eigenvalue weighted by Gasteiger charge is -2.08. The molecule has 0 atom stereocenters. The quantitative estimate of drug-likeness (QED) is 0.903. The number of furan rings is 1. The van der Waals surface area contributed by atoms with Crippen molar-refractivity contribution < 1.29 is 13.9 Å². The van der Waals surface area contributed by atoms with E-state index in [2.05, 4.69) is 10.6 Å². The molecule has 0 bridgehead atoms. The number of rotatable bonds is 4. The average Bonchev–Trinajstić information content (AvgIpc) is 2.90. The normalized spacial score (nSPS) is 10.0. The molecule has 0 aliphatic heterocycles. The van der Waals surface area contributed by atoms with Crippen LogP contribution in [0, 0.1) is 0 Å². The van der Waals surface area contributed by atoms with Gasteiger partial charge in [0.2, 0.25) is 0 Å². The molecule has 5 nitrogen and oxygen atoms in total. The number of ether oxygens (including phenoxy) is 1. The summed E-state index contributed by atoms with van der Waals surface area (Å²) < 4.78 is 10.1. The second-order valence-electron chi connectivity index (χ2n) is 3.74. The number of methoxy groups -OCH3 is 1. The van der Waals surface area contributed by atoms with E-state index < -0.39 is 0 Å². The number of nitrogens with one attached hydrogen (secondary N) is 2. The Morgan fingerprint density at radius 3 is 2.89 bits per heavy atom. The highest BCUT2D eigenvalue weighted by atomic mass is 35.5. The number of amides is 2. The summed E-state index contributed by atoms with van der Waals surface area (Å²) in [5.41, 5.74) is 0.586. The second-order valence-corrected chi connectivity index (χ2v) is 4.14. The molecule has 100 valence electrons. The topological polar surface area (TPSA) is 63.5 Å². The van der Waals surface area contributed by atoms with E-state index >= 15 is 0 Å². The number of hydrogen-bond acceptors (Lipinski definition) is 3. The zero-order valence-electron chi connectivity index (χ0n) is 10.3. The van der Waals surface area contributed by atoms with Gasteiger partial charge in [0.25, 0.3) is 0 Å². The molecule has 0 spiro atoms. The van der Waals surface area contributed by atoms with Crippen molar-refractivity contribution in [3.05, 3.63) is 47.4 Å². The monoisotopic (exact) mass is 280 g/mol. The lowest BCUT2D eigenvalue weighted by atomic mass is 10.3. The van der Waals surface area contributed by atoms with Crippen LogP contribution in [0.2, 0.25) is 5.02 Å². The maximum absolute atomic E-state index is 11.6. The summed E-state index contributed by atoms with van der Waals surface area (Å²) in [7, 11) is 1.53. The molecule has 2 aromatic rings. The Bertz CT molecular complexity index is 555. The molecule has 0 saturated carbocycles. The van der Waals surface area contributed by atoms with E-state index in [0.29, 0.717) is 28.8 Å². The predicted molar refractivity (Wildman–Crippen MR) is 72.6 cm³/mol. The fourth-order valence-corrected chi connectivity index (χ4v) is 1.76.